The second-order valence-electron chi connectivity index (χ2n) is 5.18. The van der Waals surface area contributed by atoms with Crippen molar-refractivity contribution in [2.24, 2.45) is 0 Å². The molecule has 0 fully saturated rings. The molecule has 2 rings (SSSR count). The van der Waals surface area contributed by atoms with Crippen molar-refractivity contribution in [3.63, 3.8) is 0 Å². The third-order valence-electron chi connectivity index (χ3n) is 3.53. The first-order chi connectivity index (χ1) is 11.9. The van der Waals surface area contributed by atoms with Gasteiger partial charge in [-0.15, -0.1) is 0 Å². The molecule has 134 valence electrons. The van der Waals surface area contributed by atoms with Gasteiger partial charge < -0.3 is 19.4 Å². The van der Waals surface area contributed by atoms with E-state index in [0.29, 0.717) is 17.1 Å². The summed E-state index contributed by atoms with van der Waals surface area (Å²) in [6.07, 6.45) is -0.526. The van der Waals surface area contributed by atoms with Crippen LogP contribution in [0.5, 0.6) is 11.5 Å². The lowest BCUT2D eigenvalue weighted by Crippen LogP contribution is -2.34. The number of benzene rings is 2. The minimum Gasteiger partial charge on any atom is -0.550 e. The molecule has 7 nitrogen and oxygen atoms in total. The highest BCUT2D eigenvalue weighted by molar-refractivity contribution is 7.89. The van der Waals surface area contributed by atoms with Crippen LogP contribution in [0.15, 0.2) is 53.4 Å². The molecule has 1 N–H and O–H groups in total. The SMILES string of the molecule is COc1ccc([C@H](CC(=O)[O-])NS(=O)(=O)c2ccccc2)cc1OC. The highest BCUT2D eigenvalue weighted by Crippen LogP contribution is 2.31. The standard InChI is InChI=1S/C17H19NO6S/c1-23-15-9-8-12(10-16(15)24-2)14(11-17(19)20)18-25(21,22)13-6-4-3-5-7-13/h3-10,14,18H,11H2,1-2H3,(H,19,20)/p-1/t14-/m0/s1. The molecule has 1 atom stereocenters. The molecule has 0 saturated carbocycles. The van der Waals surface area contributed by atoms with Gasteiger partial charge >= 0.3 is 0 Å². The second-order valence-corrected chi connectivity index (χ2v) is 6.89. The highest BCUT2D eigenvalue weighted by atomic mass is 32.2. The van der Waals surface area contributed by atoms with Gasteiger partial charge in [-0.2, -0.15) is 0 Å². The van der Waals surface area contributed by atoms with E-state index in [0.717, 1.165) is 0 Å². The van der Waals surface area contributed by atoms with Crippen molar-refractivity contribution in [1.29, 1.82) is 0 Å². The summed E-state index contributed by atoms with van der Waals surface area (Å²) in [5, 5.41) is 11.1. The Bertz CT molecular complexity index is 835. The maximum absolute atomic E-state index is 12.5. The average Bonchev–Trinajstić information content (AvgIpc) is 2.60. The Balaban J connectivity index is 2.38. The van der Waals surface area contributed by atoms with Crippen molar-refractivity contribution in [2.45, 2.75) is 17.4 Å². The maximum Gasteiger partial charge on any atom is 0.241 e. The van der Waals surface area contributed by atoms with E-state index in [1.165, 1.54) is 32.4 Å². The van der Waals surface area contributed by atoms with Gasteiger partial charge in [-0.1, -0.05) is 24.3 Å². The Kier molecular flexibility index (Phi) is 6.00. The average molecular weight is 364 g/mol. The molecule has 0 heterocycles. The number of carboxylic acid groups (broad SMARTS) is 1. The highest BCUT2D eigenvalue weighted by Gasteiger charge is 2.22. The van der Waals surface area contributed by atoms with Crippen molar-refractivity contribution in [3.8, 4) is 11.5 Å². The molecular formula is C17H18NO6S-. The van der Waals surface area contributed by atoms with E-state index in [2.05, 4.69) is 4.72 Å². The lowest BCUT2D eigenvalue weighted by atomic mass is 10.0. The van der Waals surface area contributed by atoms with E-state index in [1.807, 2.05) is 0 Å². The number of sulfonamides is 1. The third-order valence-corrected chi connectivity index (χ3v) is 5.02. The fourth-order valence-corrected chi connectivity index (χ4v) is 3.56. The summed E-state index contributed by atoms with van der Waals surface area (Å²) in [7, 11) is -1.00. The normalized spacial score (nSPS) is 12.4. The van der Waals surface area contributed by atoms with E-state index in [4.69, 9.17) is 9.47 Å². The zero-order valence-electron chi connectivity index (χ0n) is 13.8. The summed E-state index contributed by atoms with van der Waals surface area (Å²) in [6.45, 7) is 0. The second kappa shape index (κ2) is 8.00. The minimum absolute atomic E-state index is 0.0406. The van der Waals surface area contributed by atoms with Gasteiger partial charge in [0.15, 0.2) is 11.5 Å². The lowest BCUT2D eigenvalue weighted by molar-refractivity contribution is -0.306. The van der Waals surface area contributed by atoms with Crippen molar-refractivity contribution in [1.82, 2.24) is 4.72 Å². The van der Waals surface area contributed by atoms with Crippen LogP contribution in [-0.2, 0) is 14.8 Å². The molecule has 0 bridgehead atoms. The first-order valence-electron chi connectivity index (χ1n) is 7.36. The summed E-state index contributed by atoms with van der Waals surface area (Å²) < 4.78 is 37.7. The van der Waals surface area contributed by atoms with Crippen molar-refractivity contribution in [3.05, 3.63) is 54.1 Å². The number of carboxylic acids is 1. The Hall–Kier alpha value is -2.58. The molecule has 0 aliphatic carbocycles. The molecule has 25 heavy (non-hydrogen) atoms. The predicted octanol–water partition coefficient (Wildman–Crippen LogP) is 0.863. The van der Waals surface area contributed by atoms with Crippen LogP contribution in [-0.4, -0.2) is 28.6 Å². The minimum atomic E-state index is -3.90. The number of hydrogen-bond donors (Lipinski definition) is 1. The van der Waals surface area contributed by atoms with Crippen LogP contribution < -0.4 is 19.3 Å². The van der Waals surface area contributed by atoms with E-state index in [9.17, 15) is 18.3 Å². The van der Waals surface area contributed by atoms with Crippen LogP contribution in [0.1, 0.15) is 18.0 Å². The molecule has 0 unspecified atom stereocenters. The third kappa shape index (κ3) is 4.71. The summed E-state index contributed by atoms with van der Waals surface area (Å²) in [4.78, 5) is 11.1. The predicted molar refractivity (Wildman–Crippen MR) is 88.7 cm³/mol. The molecule has 8 heteroatoms. The van der Waals surface area contributed by atoms with Crippen molar-refractivity contribution >= 4 is 16.0 Å². The molecule has 0 spiro atoms. The fraction of sp³-hybridized carbons (Fsp3) is 0.235. The first-order valence-corrected chi connectivity index (χ1v) is 8.85. The van der Waals surface area contributed by atoms with Crippen molar-refractivity contribution in [2.75, 3.05) is 14.2 Å². The zero-order chi connectivity index (χ0) is 18.4. The summed E-state index contributed by atoms with van der Waals surface area (Å²) in [5.74, 6) is -0.567. The van der Waals surface area contributed by atoms with Gasteiger partial charge in [0, 0.05) is 12.4 Å². The van der Waals surface area contributed by atoms with Gasteiger partial charge in [0.2, 0.25) is 10.0 Å². The summed E-state index contributed by atoms with van der Waals surface area (Å²) in [5.41, 5.74) is 0.418. The van der Waals surface area contributed by atoms with E-state index >= 15 is 0 Å². The molecular weight excluding hydrogens is 346 g/mol. The summed E-state index contributed by atoms with van der Waals surface area (Å²) >= 11 is 0. The topological polar surface area (TPSA) is 105 Å². The fourth-order valence-electron chi connectivity index (χ4n) is 2.32. The zero-order valence-corrected chi connectivity index (χ0v) is 14.6. The molecule has 0 amide bonds. The van der Waals surface area contributed by atoms with Crippen LogP contribution in [0.3, 0.4) is 0 Å². The number of nitrogens with one attached hydrogen (secondary N) is 1. The van der Waals surface area contributed by atoms with Crippen LogP contribution >= 0.6 is 0 Å². The van der Waals surface area contributed by atoms with Gasteiger partial charge in [-0.05, 0) is 29.8 Å². The number of rotatable bonds is 8. The Morgan fingerprint density at radius 2 is 1.72 bits per heavy atom. The van der Waals surface area contributed by atoms with E-state index < -0.39 is 28.5 Å². The molecule has 0 aromatic heterocycles. The van der Waals surface area contributed by atoms with Gasteiger partial charge in [-0.25, -0.2) is 13.1 Å². The van der Waals surface area contributed by atoms with Crippen LogP contribution in [0.4, 0.5) is 0 Å². The number of hydrogen-bond acceptors (Lipinski definition) is 6. The van der Waals surface area contributed by atoms with Crippen molar-refractivity contribution < 1.29 is 27.8 Å². The van der Waals surface area contributed by atoms with E-state index in [1.54, 1.807) is 30.3 Å². The smallest absolute Gasteiger partial charge is 0.241 e. The lowest BCUT2D eigenvalue weighted by Gasteiger charge is -2.21. The number of aliphatic carboxylic acids is 1. The Morgan fingerprint density at radius 3 is 2.28 bits per heavy atom. The molecule has 0 aliphatic rings. The van der Waals surface area contributed by atoms with Gasteiger partial charge in [0.05, 0.1) is 25.2 Å². The Labute approximate surface area is 146 Å². The Morgan fingerprint density at radius 1 is 1.08 bits per heavy atom. The number of methoxy groups -OCH3 is 2. The van der Waals surface area contributed by atoms with Crippen LogP contribution in [0.2, 0.25) is 0 Å². The maximum atomic E-state index is 12.5. The molecule has 2 aromatic rings. The number of carbonyl (C=O) groups is 1. The van der Waals surface area contributed by atoms with Gasteiger partial charge in [0.1, 0.15) is 0 Å². The molecule has 0 aliphatic heterocycles. The van der Waals surface area contributed by atoms with Gasteiger partial charge in [0.25, 0.3) is 0 Å². The van der Waals surface area contributed by atoms with Crippen LogP contribution in [0, 0.1) is 0 Å². The monoisotopic (exact) mass is 364 g/mol. The number of ether oxygens (including phenoxy) is 2. The van der Waals surface area contributed by atoms with Crippen LogP contribution in [0.25, 0.3) is 0 Å². The van der Waals surface area contributed by atoms with E-state index in [-0.39, 0.29) is 4.90 Å². The first kappa shape index (κ1) is 18.8. The largest absolute Gasteiger partial charge is 0.550 e. The number of carbonyl (C=O) groups excluding carboxylic acids is 1. The van der Waals surface area contributed by atoms with Gasteiger partial charge in [-0.3, -0.25) is 0 Å². The summed E-state index contributed by atoms with van der Waals surface area (Å²) in [6, 6.07) is 11.4. The molecule has 0 saturated heterocycles. The molecule has 0 radical (unpaired) electrons. The molecule has 2 aromatic carbocycles. The quantitative estimate of drug-likeness (QED) is 0.745.